The smallest absolute Gasteiger partial charge is 0.133 e. The first-order valence-electron chi connectivity index (χ1n) is 7.33. The number of nitrogens with zero attached hydrogens (tertiary/aromatic N) is 3. The van der Waals surface area contributed by atoms with Gasteiger partial charge in [-0.05, 0) is 26.3 Å². The van der Waals surface area contributed by atoms with Crippen LogP contribution in [0.15, 0.2) is 18.3 Å². The van der Waals surface area contributed by atoms with Crippen LogP contribution in [0.2, 0.25) is 0 Å². The first kappa shape index (κ1) is 14.3. The Morgan fingerprint density at radius 3 is 2.53 bits per heavy atom. The Hall–Kier alpha value is -1.13. The van der Waals surface area contributed by atoms with Gasteiger partial charge < -0.3 is 10.6 Å². The van der Waals surface area contributed by atoms with Gasteiger partial charge in [0, 0.05) is 50.0 Å². The van der Waals surface area contributed by atoms with Crippen molar-refractivity contribution in [2.24, 2.45) is 5.73 Å². The normalized spacial score (nSPS) is 20.3. The van der Waals surface area contributed by atoms with Crippen LogP contribution in [-0.2, 0) is 0 Å². The van der Waals surface area contributed by atoms with E-state index in [1.807, 2.05) is 19.2 Å². The summed E-state index contributed by atoms with van der Waals surface area (Å²) in [5.74, 6) is 1.07. The number of rotatable bonds is 4. The third-order valence-electron chi connectivity index (χ3n) is 4.14. The number of hydrogen-bond donors (Lipinski definition) is 1. The molecule has 2 rings (SSSR count). The molecule has 0 spiro atoms. The van der Waals surface area contributed by atoms with Crippen molar-refractivity contribution >= 4 is 5.82 Å². The summed E-state index contributed by atoms with van der Waals surface area (Å²) in [6.07, 6.45) is 3.08. The lowest BCUT2D eigenvalue weighted by Crippen LogP contribution is -2.50. The van der Waals surface area contributed by atoms with E-state index < -0.39 is 0 Å². The van der Waals surface area contributed by atoms with Crippen molar-refractivity contribution in [3.8, 4) is 0 Å². The lowest BCUT2D eigenvalue weighted by Gasteiger charge is -2.39. The molecule has 1 saturated heterocycles. The highest BCUT2D eigenvalue weighted by atomic mass is 15.3. The van der Waals surface area contributed by atoms with Gasteiger partial charge in [-0.15, -0.1) is 0 Å². The molecule has 0 aliphatic carbocycles. The maximum Gasteiger partial charge on any atom is 0.133 e. The molecule has 1 fully saturated rings. The van der Waals surface area contributed by atoms with Crippen LogP contribution in [-0.4, -0.2) is 42.1 Å². The van der Waals surface area contributed by atoms with Crippen LogP contribution < -0.4 is 10.6 Å². The second kappa shape index (κ2) is 6.35. The van der Waals surface area contributed by atoms with Gasteiger partial charge in [0.2, 0.25) is 0 Å². The summed E-state index contributed by atoms with van der Waals surface area (Å²) in [6, 6.07) is 4.78. The number of pyridine rings is 1. The highest BCUT2D eigenvalue weighted by Gasteiger charge is 2.22. The molecule has 1 aliphatic rings. The molecule has 4 heteroatoms. The second-order valence-electron chi connectivity index (χ2n) is 5.49. The fourth-order valence-electron chi connectivity index (χ4n) is 2.66. The maximum absolute atomic E-state index is 6.04. The average molecular weight is 262 g/mol. The van der Waals surface area contributed by atoms with E-state index in [4.69, 9.17) is 5.73 Å². The molecule has 0 amide bonds. The molecule has 2 atom stereocenters. The van der Waals surface area contributed by atoms with Crippen LogP contribution in [0.4, 0.5) is 5.82 Å². The molecule has 0 aromatic carbocycles. The maximum atomic E-state index is 6.04. The summed E-state index contributed by atoms with van der Waals surface area (Å²) < 4.78 is 0. The van der Waals surface area contributed by atoms with Gasteiger partial charge in [-0.25, -0.2) is 4.98 Å². The zero-order valence-corrected chi connectivity index (χ0v) is 12.3. The highest BCUT2D eigenvalue weighted by Crippen LogP contribution is 2.23. The zero-order valence-electron chi connectivity index (χ0n) is 12.3. The van der Waals surface area contributed by atoms with Gasteiger partial charge in [0.25, 0.3) is 0 Å². The van der Waals surface area contributed by atoms with Crippen molar-refractivity contribution in [2.75, 3.05) is 31.1 Å². The first-order valence-corrected chi connectivity index (χ1v) is 7.33. The average Bonchev–Trinajstić information content (AvgIpc) is 2.46. The van der Waals surface area contributed by atoms with Gasteiger partial charge in [0.05, 0.1) is 0 Å². The third-order valence-corrected chi connectivity index (χ3v) is 4.14. The molecule has 2 N–H and O–H groups in total. The minimum atomic E-state index is 0.0382. The van der Waals surface area contributed by atoms with Crippen LogP contribution in [0.25, 0.3) is 0 Å². The first-order chi connectivity index (χ1) is 9.13. The van der Waals surface area contributed by atoms with E-state index >= 15 is 0 Å². The molecule has 19 heavy (non-hydrogen) atoms. The van der Waals surface area contributed by atoms with Crippen molar-refractivity contribution in [2.45, 2.75) is 39.3 Å². The summed E-state index contributed by atoms with van der Waals surface area (Å²) in [5.41, 5.74) is 7.19. The predicted molar refractivity (Wildman–Crippen MR) is 80.4 cm³/mol. The van der Waals surface area contributed by atoms with Crippen LogP contribution in [0.5, 0.6) is 0 Å². The quantitative estimate of drug-likeness (QED) is 0.902. The number of piperazine rings is 1. The Morgan fingerprint density at radius 2 is 1.95 bits per heavy atom. The van der Waals surface area contributed by atoms with E-state index in [0.29, 0.717) is 6.04 Å². The molecule has 0 bridgehead atoms. The summed E-state index contributed by atoms with van der Waals surface area (Å²) in [7, 11) is 0. The van der Waals surface area contributed by atoms with Gasteiger partial charge in [-0.2, -0.15) is 0 Å². The molecular formula is C15H26N4. The molecule has 4 nitrogen and oxygen atoms in total. The Kier molecular flexibility index (Phi) is 4.77. The van der Waals surface area contributed by atoms with Gasteiger partial charge >= 0.3 is 0 Å². The Morgan fingerprint density at radius 1 is 1.26 bits per heavy atom. The van der Waals surface area contributed by atoms with Gasteiger partial charge in [-0.1, -0.05) is 13.0 Å². The SMILES string of the molecule is CCC(C)N1CCN(c2ncccc2C(C)N)CC1. The van der Waals surface area contributed by atoms with Gasteiger partial charge in [0.15, 0.2) is 0 Å². The van der Waals surface area contributed by atoms with Crippen LogP contribution >= 0.6 is 0 Å². The van der Waals surface area contributed by atoms with E-state index in [9.17, 15) is 0 Å². The molecular weight excluding hydrogens is 236 g/mol. The molecule has 2 unspecified atom stereocenters. The molecule has 2 heterocycles. The molecule has 1 aromatic heterocycles. The Bertz CT molecular complexity index is 397. The predicted octanol–water partition coefficient (Wildman–Crippen LogP) is 2.02. The third kappa shape index (κ3) is 3.25. The van der Waals surface area contributed by atoms with E-state index in [-0.39, 0.29) is 6.04 Å². The van der Waals surface area contributed by atoms with Crippen LogP contribution in [0.1, 0.15) is 38.8 Å². The fourth-order valence-corrected chi connectivity index (χ4v) is 2.66. The largest absolute Gasteiger partial charge is 0.354 e. The lowest BCUT2D eigenvalue weighted by molar-refractivity contribution is 0.192. The topological polar surface area (TPSA) is 45.4 Å². The molecule has 0 saturated carbocycles. The summed E-state index contributed by atoms with van der Waals surface area (Å²) >= 11 is 0. The number of aromatic nitrogens is 1. The van der Waals surface area contributed by atoms with Gasteiger partial charge in [0.1, 0.15) is 5.82 Å². The van der Waals surface area contributed by atoms with Crippen molar-refractivity contribution < 1.29 is 0 Å². The number of anilines is 1. The molecule has 1 aliphatic heterocycles. The van der Waals surface area contributed by atoms with Crippen molar-refractivity contribution in [1.29, 1.82) is 0 Å². The van der Waals surface area contributed by atoms with E-state index in [2.05, 4.69) is 34.7 Å². The van der Waals surface area contributed by atoms with Crippen molar-refractivity contribution in [3.63, 3.8) is 0 Å². The van der Waals surface area contributed by atoms with E-state index in [0.717, 1.165) is 37.6 Å². The molecule has 106 valence electrons. The zero-order chi connectivity index (χ0) is 13.8. The lowest BCUT2D eigenvalue weighted by atomic mass is 10.1. The highest BCUT2D eigenvalue weighted by molar-refractivity contribution is 5.48. The van der Waals surface area contributed by atoms with Crippen molar-refractivity contribution in [1.82, 2.24) is 9.88 Å². The number of nitrogens with two attached hydrogens (primary N) is 1. The van der Waals surface area contributed by atoms with Crippen LogP contribution in [0.3, 0.4) is 0 Å². The summed E-state index contributed by atoms with van der Waals surface area (Å²) in [4.78, 5) is 9.47. The minimum Gasteiger partial charge on any atom is -0.354 e. The number of hydrogen-bond acceptors (Lipinski definition) is 4. The monoisotopic (exact) mass is 262 g/mol. The Labute approximate surface area is 116 Å². The van der Waals surface area contributed by atoms with Crippen LogP contribution in [0, 0.1) is 0 Å². The van der Waals surface area contributed by atoms with Crippen molar-refractivity contribution in [3.05, 3.63) is 23.9 Å². The minimum absolute atomic E-state index is 0.0382. The Balaban J connectivity index is 2.06. The second-order valence-corrected chi connectivity index (χ2v) is 5.49. The van der Waals surface area contributed by atoms with E-state index in [1.54, 1.807) is 0 Å². The fraction of sp³-hybridized carbons (Fsp3) is 0.667. The molecule has 1 aromatic rings. The van der Waals surface area contributed by atoms with Gasteiger partial charge in [-0.3, -0.25) is 4.90 Å². The standard InChI is InChI=1S/C15H26N4/c1-4-12(2)18-8-10-19(11-9-18)15-14(13(3)16)6-5-7-17-15/h5-7,12-13H,4,8-11,16H2,1-3H3. The summed E-state index contributed by atoms with van der Waals surface area (Å²) in [5, 5.41) is 0. The molecule has 0 radical (unpaired) electrons. The summed E-state index contributed by atoms with van der Waals surface area (Å²) in [6.45, 7) is 10.9. The van der Waals surface area contributed by atoms with E-state index in [1.165, 1.54) is 6.42 Å².